The number of rotatable bonds is 4. The van der Waals surface area contributed by atoms with Gasteiger partial charge in [0.25, 0.3) is 0 Å². The highest BCUT2D eigenvalue weighted by Gasteiger charge is 2.08. The average molecular weight is 291 g/mol. The smallest absolute Gasteiger partial charge is 0.309 e. The first-order valence-corrected chi connectivity index (χ1v) is 6.51. The standard InChI is InChI=1S/C16H15ClO3/c1-19-13-6-7-14(15(17)10-13)12-5-3-4-11(8-12)9-16(18)20-2/h3-8,10H,9H2,1-2H3. The number of halogens is 1. The van der Waals surface area contributed by atoms with Crippen LogP contribution in [0.4, 0.5) is 0 Å². The molecule has 2 aromatic carbocycles. The Morgan fingerprint density at radius 3 is 2.60 bits per heavy atom. The van der Waals surface area contributed by atoms with Crippen molar-refractivity contribution >= 4 is 17.6 Å². The molecule has 0 saturated carbocycles. The molecule has 0 radical (unpaired) electrons. The van der Waals surface area contributed by atoms with Crippen molar-refractivity contribution in [2.24, 2.45) is 0 Å². The Kier molecular flexibility index (Phi) is 4.64. The Morgan fingerprint density at radius 2 is 1.95 bits per heavy atom. The third-order valence-electron chi connectivity index (χ3n) is 2.99. The van der Waals surface area contributed by atoms with Gasteiger partial charge in [0.15, 0.2) is 0 Å². The molecule has 0 unspecified atom stereocenters. The molecule has 0 atom stereocenters. The molecule has 2 aromatic rings. The molecule has 0 saturated heterocycles. The predicted octanol–water partition coefficient (Wildman–Crippen LogP) is 3.73. The lowest BCUT2D eigenvalue weighted by Gasteiger charge is -2.08. The number of methoxy groups -OCH3 is 2. The summed E-state index contributed by atoms with van der Waals surface area (Å²) in [6.45, 7) is 0. The summed E-state index contributed by atoms with van der Waals surface area (Å²) >= 11 is 6.26. The van der Waals surface area contributed by atoms with E-state index in [2.05, 4.69) is 4.74 Å². The van der Waals surface area contributed by atoms with Crippen LogP contribution >= 0.6 is 11.6 Å². The molecule has 2 rings (SSSR count). The fraction of sp³-hybridized carbons (Fsp3) is 0.188. The van der Waals surface area contributed by atoms with Crippen LogP contribution in [0.15, 0.2) is 42.5 Å². The van der Waals surface area contributed by atoms with Gasteiger partial charge in [-0.3, -0.25) is 4.79 Å². The van der Waals surface area contributed by atoms with E-state index >= 15 is 0 Å². The summed E-state index contributed by atoms with van der Waals surface area (Å²) in [6, 6.07) is 13.2. The van der Waals surface area contributed by atoms with Crippen molar-refractivity contribution in [2.75, 3.05) is 14.2 Å². The van der Waals surface area contributed by atoms with Gasteiger partial charge in [0, 0.05) is 5.56 Å². The van der Waals surface area contributed by atoms with Gasteiger partial charge in [0.2, 0.25) is 0 Å². The van der Waals surface area contributed by atoms with Crippen LogP contribution in [0, 0.1) is 0 Å². The summed E-state index contributed by atoms with van der Waals surface area (Å²) in [4.78, 5) is 11.3. The molecule has 0 spiro atoms. The highest BCUT2D eigenvalue weighted by molar-refractivity contribution is 6.33. The first kappa shape index (κ1) is 14.4. The van der Waals surface area contributed by atoms with Gasteiger partial charge in [-0.25, -0.2) is 0 Å². The van der Waals surface area contributed by atoms with Crippen molar-refractivity contribution in [2.45, 2.75) is 6.42 Å². The SMILES string of the molecule is COC(=O)Cc1cccc(-c2ccc(OC)cc2Cl)c1. The van der Waals surface area contributed by atoms with Crippen LogP contribution in [0.3, 0.4) is 0 Å². The van der Waals surface area contributed by atoms with E-state index in [1.807, 2.05) is 36.4 Å². The Balaban J connectivity index is 2.33. The molecule has 4 heteroatoms. The van der Waals surface area contributed by atoms with Crippen molar-refractivity contribution in [1.82, 2.24) is 0 Å². The molecular formula is C16H15ClO3. The van der Waals surface area contributed by atoms with Crippen molar-refractivity contribution in [3.8, 4) is 16.9 Å². The van der Waals surface area contributed by atoms with Gasteiger partial charge in [0.05, 0.1) is 25.7 Å². The molecule has 0 aliphatic rings. The van der Waals surface area contributed by atoms with Crippen LogP contribution in [0.5, 0.6) is 5.75 Å². The van der Waals surface area contributed by atoms with E-state index in [1.54, 1.807) is 13.2 Å². The maximum atomic E-state index is 11.3. The minimum atomic E-state index is -0.261. The maximum absolute atomic E-state index is 11.3. The zero-order valence-corrected chi connectivity index (χ0v) is 12.1. The Hall–Kier alpha value is -2.00. The molecule has 3 nitrogen and oxygen atoms in total. The largest absolute Gasteiger partial charge is 0.497 e. The number of carbonyl (C=O) groups is 1. The fourth-order valence-corrected chi connectivity index (χ4v) is 2.22. The topological polar surface area (TPSA) is 35.5 Å². The molecule has 0 amide bonds. The number of hydrogen-bond donors (Lipinski definition) is 0. The van der Waals surface area contributed by atoms with Crippen LogP contribution in [-0.4, -0.2) is 20.2 Å². The first-order chi connectivity index (χ1) is 9.63. The van der Waals surface area contributed by atoms with E-state index in [4.69, 9.17) is 16.3 Å². The second-order valence-corrected chi connectivity index (χ2v) is 4.71. The average Bonchev–Trinajstić information content (AvgIpc) is 2.47. The number of ether oxygens (including phenoxy) is 2. The monoisotopic (exact) mass is 290 g/mol. The molecule has 0 aromatic heterocycles. The third kappa shape index (κ3) is 3.31. The lowest BCUT2D eigenvalue weighted by Crippen LogP contribution is -2.04. The number of benzene rings is 2. The van der Waals surface area contributed by atoms with Gasteiger partial charge in [-0.05, 0) is 29.3 Å². The van der Waals surface area contributed by atoms with E-state index < -0.39 is 0 Å². The van der Waals surface area contributed by atoms with E-state index in [1.165, 1.54) is 7.11 Å². The molecule has 104 valence electrons. The van der Waals surface area contributed by atoms with E-state index in [9.17, 15) is 4.79 Å². The second kappa shape index (κ2) is 6.44. The van der Waals surface area contributed by atoms with Crippen molar-refractivity contribution in [1.29, 1.82) is 0 Å². The third-order valence-corrected chi connectivity index (χ3v) is 3.30. The zero-order valence-electron chi connectivity index (χ0n) is 11.4. The highest BCUT2D eigenvalue weighted by atomic mass is 35.5. The molecular weight excluding hydrogens is 276 g/mol. The van der Waals surface area contributed by atoms with E-state index in [0.717, 1.165) is 16.7 Å². The number of hydrogen-bond acceptors (Lipinski definition) is 3. The van der Waals surface area contributed by atoms with Gasteiger partial charge in [-0.15, -0.1) is 0 Å². The molecule has 0 aliphatic heterocycles. The molecule has 0 aliphatic carbocycles. The predicted molar refractivity (Wildman–Crippen MR) is 79.2 cm³/mol. The van der Waals surface area contributed by atoms with Gasteiger partial charge in [-0.1, -0.05) is 35.9 Å². The lowest BCUT2D eigenvalue weighted by atomic mass is 10.0. The van der Waals surface area contributed by atoms with Gasteiger partial charge >= 0.3 is 5.97 Å². The van der Waals surface area contributed by atoms with Crippen LogP contribution < -0.4 is 4.74 Å². The highest BCUT2D eigenvalue weighted by Crippen LogP contribution is 2.31. The quantitative estimate of drug-likeness (QED) is 0.805. The summed E-state index contributed by atoms with van der Waals surface area (Å²) in [5.41, 5.74) is 2.75. The van der Waals surface area contributed by atoms with Crippen molar-refractivity contribution in [3.05, 3.63) is 53.1 Å². The molecule has 0 N–H and O–H groups in total. The van der Waals surface area contributed by atoms with Crippen LogP contribution in [0.25, 0.3) is 11.1 Å². The molecule has 20 heavy (non-hydrogen) atoms. The Bertz CT molecular complexity index is 623. The van der Waals surface area contributed by atoms with Crippen LogP contribution in [0.1, 0.15) is 5.56 Å². The number of carbonyl (C=O) groups excluding carboxylic acids is 1. The Morgan fingerprint density at radius 1 is 1.15 bits per heavy atom. The van der Waals surface area contributed by atoms with E-state index in [0.29, 0.717) is 10.8 Å². The lowest BCUT2D eigenvalue weighted by molar-refractivity contribution is -0.139. The molecule has 0 bridgehead atoms. The van der Waals surface area contributed by atoms with E-state index in [-0.39, 0.29) is 12.4 Å². The van der Waals surface area contributed by atoms with Crippen molar-refractivity contribution < 1.29 is 14.3 Å². The fourth-order valence-electron chi connectivity index (χ4n) is 1.94. The normalized spacial score (nSPS) is 10.2. The molecule has 0 fully saturated rings. The van der Waals surface area contributed by atoms with Crippen LogP contribution in [0.2, 0.25) is 5.02 Å². The minimum absolute atomic E-state index is 0.248. The zero-order chi connectivity index (χ0) is 14.5. The van der Waals surface area contributed by atoms with Gasteiger partial charge < -0.3 is 9.47 Å². The second-order valence-electron chi connectivity index (χ2n) is 4.30. The Labute approximate surface area is 123 Å². The maximum Gasteiger partial charge on any atom is 0.309 e. The van der Waals surface area contributed by atoms with Gasteiger partial charge in [-0.2, -0.15) is 0 Å². The van der Waals surface area contributed by atoms with Gasteiger partial charge in [0.1, 0.15) is 5.75 Å². The summed E-state index contributed by atoms with van der Waals surface area (Å²) < 4.78 is 9.80. The molecule has 0 heterocycles. The minimum Gasteiger partial charge on any atom is -0.497 e. The summed E-state index contributed by atoms with van der Waals surface area (Å²) in [7, 11) is 2.98. The van der Waals surface area contributed by atoms with Crippen LogP contribution in [-0.2, 0) is 16.0 Å². The first-order valence-electron chi connectivity index (χ1n) is 6.13. The summed E-state index contributed by atoms with van der Waals surface area (Å²) in [5, 5.41) is 0.611. The number of esters is 1. The summed E-state index contributed by atoms with van der Waals surface area (Å²) in [5.74, 6) is 0.451. The summed E-state index contributed by atoms with van der Waals surface area (Å²) in [6.07, 6.45) is 0.248. The van der Waals surface area contributed by atoms with Crippen molar-refractivity contribution in [3.63, 3.8) is 0 Å².